The first-order valence-corrected chi connectivity index (χ1v) is 13.0. The van der Waals surface area contributed by atoms with E-state index in [0.717, 1.165) is 25.7 Å². The number of allylic oxidation sites excluding steroid dienone is 2. The molecule has 0 saturated carbocycles. The van der Waals surface area contributed by atoms with Crippen LogP contribution in [0.25, 0.3) is 0 Å². The Morgan fingerprint density at radius 3 is 1.84 bits per heavy atom. The van der Waals surface area contributed by atoms with Crippen molar-refractivity contribution < 1.29 is 14.7 Å². The van der Waals surface area contributed by atoms with E-state index in [1.54, 1.807) is 0 Å². The standard InChI is InChI=1S/C26H50N2O3/c1-2-3-4-5-6-7-8-9-10-11-12-13-14-15-16-17-18-22-25(29)28-23-20-19-21-24(27)26(30)31/h11-12,24H,2-10,13-23,27H2,1H3,(H,28,29)(H,30,31)/b12-11+/t24-/m0/s1. The van der Waals surface area contributed by atoms with Gasteiger partial charge in [-0.15, -0.1) is 0 Å². The highest BCUT2D eigenvalue weighted by Gasteiger charge is 2.10. The van der Waals surface area contributed by atoms with Crippen molar-refractivity contribution >= 4 is 11.9 Å². The van der Waals surface area contributed by atoms with E-state index < -0.39 is 12.0 Å². The highest BCUT2D eigenvalue weighted by atomic mass is 16.4. The fourth-order valence-electron chi connectivity index (χ4n) is 3.64. The van der Waals surface area contributed by atoms with Gasteiger partial charge in [0, 0.05) is 13.0 Å². The summed E-state index contributed by atoms with van der Waals surface area (Å²) in [4.78, 5) is 22.4. The van der Waals surface area contributed by atoms with Crippen LogP contribution >= 0.6 is 0 Å². The lowest BCUT2D eigenvalue weighted by atomic mass is 10.1. The summed E-state index contributed by atoms with van der Waals surface area (Å²) in [7, 11) is 0. The molecule has 0 aliphatic heterocycles. The Balaban J connectivity index is 3.27. The van der Waals surface area contributed by atoms with Crippen LogP contribution in [0, 0.1) is 0 Å². The molecule has 0 saturated heterocycles. The first-order valence-electron chi connectivity index (χ1n) is 13.0. The number of aliphatic carboxylic acids is 1. The maximum Gasteiger partial charge on any atom is 0.320 e. The molecule has 0 spiro atoms. The monoisotopic (exact) mass is 438 g/mol. The Labute approximate surface area is 191 Å². The molecule has 5 heteroatoms. The van der Waals surface area contributed by atoms with Crippen LogP contribution in [-0.2, 0) is 9.59 Å². The van der Waals surface area contributed by atoms with Crippen molar-refractivity contribution in [2.24, 2.45) is 5.73 Å². The molecule has 4 N–H and O–H groups in total. The zero-order chi connectivity index (χ0) is 23.0. The Hall–Kier alpha value is -1.36. The normalized spacial score (nSPS) is 12.3. The Morgan fingerprint density at radius 2 is 1.29 bits per heavy atom. The van der Waals surface area contributed by atoms with Crippen LogP contribution in [0.5, 0.6) is 0 Å². The SMILES string of the molecule is CCCCCCCCCC/C=C/CCCCCCCC(=O)NCCCC[C@H](N)C(=O)O. The molecular weight excluding hydrogens is 388 g/mol. The highest BCUT2D eigenvalue weighted by molar-refractivity contribution is 5.75. The lowest BCUT2D eigenvalue weighted by molar-refractivity contribution is -0.138. The third-order valence-corrected chi connectivity index (χ3v) is 5.75. The van der Waals surface area contributed by atoms with Gasteiger partial charge in [0.05, 0.1) is 0 Å². The molecule has 0 aromatic carbocycles. The van der Waals surface area contributed by atoms with E-state index in [0.29, 0.717) is 19.4 Å². The maximum atomic E-state index is 11.8. The van der Waals surface area contributed by atoms with Gasteiger partial charge in [0.25, 0.3) is 0 Å². The van der Waals surface area contributed by atoms with Gasteiger partial charge >= 0.3 is 5.97 Å². The molecule has 0 radical (unpaired) electrons. The Morgan fingerprint density at radius 1 is 0.774 bits per heavy atom. The summed E-state index contributed by atoms with van der Waals surface area (Å²) in [6.07, 6.45) is 26.5. The van der Waals surface area contributed by atoms with E-state index in [-0.39, 0.29) is 5.91 Å². The number of nitrogens with two attached hydrogens (primary N) is 1. The summed E-state index contributed by atoms with van der Waals surface area (Å²) in [6.45, 7) is 2.88. The summed E-state index contributed by atoms with van der Waals surface area (Å²) in [5.74, 6) is -0.856. The first kappa shape index (κ1) is 29.6. The molecule has 1 atom stereocenters. The number of nitrogens with one attached hydrogen (secondary N) is 1. The van der Waals surface area contributed by atoms with Crippen LogP contribution < -0.4 is 11.1 Å². The number of hydrogen-bond acceptors (Lipinski definition) is 3. The third kappa shape index (κ3) is 23.1. The molecule has 182 valence electrons. The predicted molar refractivity (Wildman–Crippen MR) is 131 cm³/mol. The van der Waals surface area contributed by atoms with E-state index >= 15 is 0 Å². The van der Waals surface area contributed by atoms with Crippen LogP contribution in [0.3, 0.4) is 0 Å². The number of carbonyl (C=O) groups is 2. The minimum absolute atomic E-state index is 0.103. The number of hydrogen-bond donors (Lipinski definition) is 3. The summed E-state index contributed by atoms with van der Waals surface area (Å²) in [5, 5.41) is 11.6. The highest BCUT2D eigenvalue weighted by Crippen LogP contribution is 2.11. The van der Waals surface area contributed by atoms with Gasteiger partial charge in [0.2, 0.25) is 5.91 Å². The third-order valence-electron chi connectivity index (χ3n) is 5.75. The molecule has 0 bridgehead atoms. The Bertz CT molecular complexity index is 452. The largest absolute Gasteiger partial charge is 0.480 e. The fraction of sp³-hybridized carbons (Fsp3) is 0.846. The van der Waals surface area contributed by atoms with Gasteiger partial charge in [-0.3, -0.25) is 9.59 Å². The summed E-state index contributed by atoms with van der Waals surface area (Å²) in [5.41, 5.74) is 5.45. The van der Waals surface area contributed by atoms with Crippen LogP contribution in [-0.4, -0.2) is 29.6 Å². The van der Waals surface area contributed by atoms with Crippen molar-refractivity contribution in [1.29, 1.82) is 0 Å². The second kappa shape index (κ2) is 23.3. The van der Waals surface area contributed by atoms with Crippen LogP contribution in [0.15, 0.2) is 12.2 Å². The van der Waals surface area contributed by atoms with E-state index in [1.807, 2.05) is 0 Å². The topological polar surface area (TPSA) is 92.4 Å². The van der Waals surface area contributed by atoms with Gasteiger partial charge < -0.3 is 16.2 Å². The second-order valence-electron chi connectivity index (χ2n) is 8.83. The van der Waals surface area contributed by atoms with E-state index in [1.165, 1.54) is 83.5 Å². The van der Waals surface area contributed by atoms with Gasteiger partial charge in [-0.1, -0.05) is 83.3 Å². The van der Waals surface area contributed by atoms with Crippen molar-refractivity contribution in [2.75, 3.05) is 6.54 Å². The molecule has 31 heavy (non-hydrogen) atoms. The van der Waals surface area contributed by atoms with Crippen molar-refractivity contribution in [2.45, 2.75) is 135 Å². The second-order valence-corrected chi connectivity index (χ2v) is 8.83. The number of carbonyl (C=O) groups excluding carboxylic acids is 1. The average Bonchev–Trinajstić information content (AvgIpc) is 2.75. The van der Waals surface area contributed by atoms with Crippen molar-refractivity contribution in [3.05, 3.63) is 12.2 Å². The van der Waals surface area contributed by atoms with Gasteiger partial charge in [0.15, 0.2) is 0 Å². The smallest absolute Gasteiger partial charge is 0.320 e. The van der Waals surface area contributed by atoms with E-state index in [4.69, 9.17) is 10.8 Å². The predicted octanol–water partition coefficient (Wildman–Crippen LogP) is 6.50. The lowest BCUT2D eigenvalue weighted by Crippen LogP contribution is -2.30. The van der Waals surface area contributed by atoms with Crippen LogP contribution in [0.1, 0.15) is 129 Å². The number of carboxylic acid groups (broad SMARTS) is 1. The zero-order valence-corrected chi connectivity index (χ0v) is 20.2. The summed E-state index contributed by atoms with van der Waals surface area (Å²) < 4.78 is 0. The van der Waals surface area contributed by atoms with Gasteiger partial charge in [-0.05, 0) is 51.4 Å². The number of carboxylic acids is 1. The minimum atomic E-state index is -0.959. The van der Waals surface area contributed by atoms with E-state index in [2.05, 4.69) is 24.4 Å². The molecule has 5 nitrogen and oxygen atoms in total. The molecule has 0 rings (SSSR count). The maximum absolute atomic E-state index is 11.8. The molecule has 0 aliphatic carbocycles. The van der Waals surface area contributed by atoms with Gasteiger partial charge in [0.1, 0.15) is 6.04 Å². The van der Waals surface area contributed by atoms with E-state index in [9.17, 15) is 9.59 Å². The zero-order valence-electron chi connectivity index (χ0n) is 20.2. The summed E-state index contributed by atoms with van der Waals surface area (Å²) in [6, 6.07) is -0.791. The Kier molecular flexibility index (Phi) is 22.3. The molecule has 0 aromatic heterocycles. The lowest BCUT2D eigenvalue weighted by Gasteiger charge is -2.07. The number of unbranched alkanes of at least 4 members (excludes halogenated alkanes) is 14. The van der Waals surface area contributed by atoms with Gasteiger partial charge in [-0.25, -0.2) is 0 Å². The molecule has 1 amide bonds. The number of rotatable bonds is 23. The molecule has 0 aromatic rings. The van der Waals surface area contributed by atoms with Crippen molar-refractivity contribution in [3.8, 4) is 0 Å². The van der Waals surface area contributed by atoms with Crippen LogP contribution in [0.2, 0.25) is 0 Å². The first-order chi connectivity index (χ1) is 15.1. The molecule has 0 fully saturated rings. The molecule has 0 aliphatic rings. The quantitative estimate of drug-likeness (QED) is 0.125. The average molecular weight is 439 g/mol. The molecular formula is C26H50N2O3. The molecule has 0 heterocycles. The minimum Gasteiger partial charge on any atom is -0.480 e. The van der Waals surface area contributed by atoms with Crippen molar-refractivity contribution in [3.63, 3.8) is 0 Å². The summed E-state index contributed by atoms with van der Waals surface area (Å²) >= 11 is 0. The molecule has 0 unspecified atom stereocenters. The van der Waals surface area contributed by atoms with Crippen molar-refractivity contribution in [1.82, 2.24) is 5.32 Å². The van der Waals surface area contributed by atoms with Crippen LogP contribution in [0.4, 0.5) is 0 Å². The van der Waals surface area contributed by atoms with Gasteiger partial charge in [-0.2, -0.15) is 0 Å². The number of amides is 1. The fourth-order valence-corrected chi connectivity index (χ4v) is 3.64.